The van der Waals surface area contributed by atoms with Crippen LogP contribution in [0.4, 0.5) is 5.69 Å². The maximum atomic E-state index is 12.1. The molecule has 6 nitrogen and oxygen atoms in total. The molecule has 142 valence electrons. The minimum absolute atomic E-state index is 0. The van der Waals surface area contributed by atoms with Gasteiger partial charge in [0.1, 0.15) is 0 Å². The minimum Gasteiger partial charge on any atom is -0.370 e. The average Bonchev–Trinajstić information content (AvgIpc) is 2.60. The van der Waals surface area contributed by atoms with Crippen molar-refractivity contribution in [2.45, 2.75) is 24.7 Å². The second-order valence-corrected chi connectivity index (χ2v) is 7.65. The van der Waals surface area contributed by atoms with E-state index in [1.807, 2.05) is 18.2 Å². The Morgan fingerprint density at radius 2 is 1.81 bits per heavy atom. The van der Waals surface area contributed by atoms with E-state index in [-0.39, 0.29) is 47.9 Å². The van der Waals surface area contributed by atoms with E-state index < -0.39 is 10.0 Å². The van der Waals surface area contributed by atoms with Gasteiger partial charge in [-0.05, 0) is 35.7 Å². The molecule has 0 amide bonds. The van der Waals surface area contributed by atoms with Crippen LogP contribution in [0, 0.1) is 0 Å². The molecule has 0 saturated carbocycles. The smallest absolute Gasteiger partial charge is 0.240 e. The van der Waals surface area contributed by atoms with Crippen molar-refractivity contribution in [3.05, 3.63) is 60.2 Å². The number of nitrogens with two attached hydrogens (primary N) is 1. The summed E-state index contributed by atoms with van der Waals surface area (Å²) < 4.78 is 26.6. The number of rotatable bonds is 7. The summed E-state index contributed by atoms with van der Waals surface area (Å²) in [5.41, 5.74) is 7.92. The van der Waals surface area contributed by atoms with Crippen molar-refractivity contribution < 1.29 is 8.42 Å². The zero-order chi connectivity index (χ0) is 18.3. The van der Waals surface area contributed by atoms with E-state index >= 15 is 0 Å². The van der Waals surface area contributed by atoms with Crippen LogP contribution in [-0.4, -0.2) is 27.5 Å². The fraction of sp³-hybridized carbons (Fsp3) is 0.278. The first-order valence-corrected chi connectivity index (χ1v) is 9.58. The van der Waals surface area contributed by atoms with Crippen LogP contribution in [-0.2, 0) is 10.0 Å². The summed E-state index contributed by atoms with van der Waals surface area (Å²) in [6.45, 7) is 4.66. The van der Waals surface area contributed by atoms with Crippen LogP contribution in [0.3, 0.4) is 0 Å². The lowest BCUT2D eigenvalue weighted by Crippen LogP contribution is -2.28. The molecule has 0 saturated heterocycles. The lowest BCUT2D eigenvalue weighted by Gasteiger charge is -2.10. The summed E-state index contributed by atoms with van der Waals surface area (Å²) in [5, 5.41) is 3.02. The predicted octanol–water partition coefficient (Wildman–Crippen LogP) is 3.13. The van der Waals surface area contributed by atoms with E-state index in [0.717, 1.165) is 5.69 Å². The van der Waals surface area contributed by atoms with Gasteiger partial charge in [-0.25, -0.2) is 13.1 Å². The normalized spacial score (nSPS) is 11.9. The van der Waals surface area contributed by atoms with Crippen LogP contribution in [0.5, 0.6) is 0 Å². The van der Waals surface area contributed by atoms with E-state index in [1.54, 1.807) is 30.3 Å². The molecule has 26 heavy (non-hydrogen) atoms. The highest BCUT2D eigenvalue weighted by Crippen LogP contribution is 2.18. The molecule has 0 fully saturated rings. The molecular formula is C18H25IN4O2S. The van der Waals surface area contributed by atoms with Gasteiger partial charge in [-0.1, -0.05) is 44.2 Å². The summed E-state index contributed by atoms with van der Waals surface area (Å²) in [4.78, 5) is 4.38. The standard InChI is InChI=1S/C18H24N4O2S.HI/c1-14(2)15-7-6-8-16(13-15)22-18(19)20-11-12-21-25(23,24)17-9-4-3-5-10-17;/h3-10,13-14,21H,11-12H2,1-2H3,(H3,19,20,22);1H. The summed E-state index contributed by atoms with van der Waals surface area (Å²) in [7, 11) is -3.51. The molecule has 0 bridgehead atoms. The molecule has 4 N–H and O–H groups in total. The van der Waals surface area contributed by atoms with E-state index in [4.69, 9.17) is 5.73 Å². The number of sulfonamides is 1. The van der Waals surface area contributed by atoms with Crippen molar-refractivity contribution >= 4 is 45.6 Å². The third kappa shape index (κ3) is 6.93. The summed E-state index contributed by atoms with van der Waals surface area (Å²) in [5.74, 6) is 0.673. The topological polar surface area (TPSA) is 96.6 Å². The van der Waals surface area contributed by atoms with Crippen molar-refractivity contribution in [1.82, 2.24) is 4.72 Å². The summed E-state index contributed by atoms with van der Waals surface area (Å²) in [6, 6.07) is 16.2. The molecule has 2 aromatic rings. The first-order chi connectivity index (χ1) is 11.9. The number of nitrogens with zero attached hydrogens (tertiary/aromatic N) is 1. The molecule has 0 aliphatic carbocycles. The highest BCUT2D eigenvalue weighted by molar-refractivity contribution is 14.0. The number of anilines is 1. The lowest BCUT2D eigenvalue weighted by molar-refractivity contribution is 0.582. The van der Waals surface area contributed by atoms with Crippen molar-refractivity contribution in [3.63, 3.8) is 0 Å². The third-order valence-electron chi connectivity index (χ3n) is 3.57. The maximum absolute atomic E-state index is 12.1. The van der Waals surface area contributed by atoms with Crippen molar-refractivity contribution in [2.24, 2.45) is 10.7 Å². The van der Waals surface area contributed by atoms with Gasteiger partial charge >= 0.3 is 0 Å². The first kappa shape index (κ1) is 22.4. The van der Waals surface area contributed by atoms with Crippen molar-refractivity contribution in [1.29, 1.82) is 0 Å². The number of hydrogen-bond acceptors (Lipinski definition) is 3. The monoisotopic (exact) mass is 488 g/mol. The number of benzene rings is 2. The van der Waals surface area contributed by atoms with Crippen molar-refractivity contribution in [2.75, 3.05) is 18.4 Å². The van der Waals surface area contributed by atoms with Crippen LogP contribution in [0.1, 0.15) is 25.3 Å². The molecule has 0 aromatic heterocycles. The van der Waals surface area contributed by atoms with Crippen LogP contribution >= 0.6 is 24.0 Å². The van der Waals surface area contributed by atoms with E-state index in [2.05, 4.69) is 34.9 Å². The minimum atomic E-state index is -3.51. The molecule has 0 aliphatic rings. The Hall–Kier alpha value is -1.65. The van der Waals surface area contributed by atoms with E-state index in [1.165, 1.54) is 5.56 Å². The number of hydrogen-bond donors (Lipinski definition) is 3. The molecule has 0 atom stereocenters. The average molecular weight is 488 g/mol. The summed E-state index contributed by atoms with van der Waals surface area (Å²) >= 11 is 0. The van der Waals surface area contributed by atoms with Gasteiger partial charge in [0, 0.05) is 12.2 Å². The zero-order valence-corrected chi connectivity index (χ0v) is 18.0. The molecule has 8 heteroatoms. The molecule has 2 rings (SSSR count). The molecular weight excluding hydrogens is 463 g/mol. The van der Waals surface area contributed by atoms with Crippen LogP contribution < -0.4 is 15.8 Å². The van der Waals surface area contributed by atoms with Gasteiger partial charge in [-0.2, -0.15) is 0 Å². The fourth-order valence-electron chi connectivity index (χ4n) is 2.20. The first-order valence-electron chi connectivity index (χ1n) is 8.10. The second kappa shape index (κ2) is 10.5. The Morgan fingerprint density at radius 1 is 1.12 bits per heavy atom. The molecule has 0 radical (unpaired) electrons. The Labute approximate surface area is 172 Å². The van der Waals surface area contributed by atoms with Gasteiger partial charge in [0.15, 0.2) is 5.96 Å². The Bertz CT molecular complexity index is 824. The quantitative estimate of drug-likeness (QED) is 0.242. The molecule has 2 aromatic carbocycles. The zero-order valence-electron chi connectivity index (χ0n) is 14.8. The van der Waals surface area contributed by atoms with E-state index in [9.17, 15) is 8.42 Å². The summed E-state index contributed by atoms with van der Waals surface area (Å²) in [6.07, 6.45) is 0. The Kier molecular flexibility index (Phi) is 9.03. The number of guanidine groups is 1. The van der Waals surface area contributed by atoms with Gasteiger partial charge in [-0.3, -0.25) is 4.99 Å². The number of nitrogens with one attached hydrogen (secondary N) is 2. The van der Waals surface area contributed by atoms with Crippen LogP contribution in [0.2, 0.25) is 0 Å². The Balaban J connectivity index is 0.00000338. The second-order valence-electron chi connectivity index (χ2n) is 5.88. The van der Waals surface area contributed by atoms with Gasteiger partial charge in [-0.15, -0.1) is 24.0 Å². The maximum Gasteiger partial charge on any atom is 0.240 e. The Morgan fingerprint density at radius 3 is 2.46 bits per heavy atom. The van der Waals surface area contributed by atoms with Crippen LogP contribution in [0.25, 0.3) is 0 Å². The third-order valence-corrected chi connectivity index (χ3v) is 5.04. The van der Waals surface area contributed by atoms with Gasteiger partial charge in [0.05, 0.1) is 11.4 Å². The van der Waals surface area contributed by atoms with Gasteiger partial charge in [0.25, 0.3) is 0 Å². The van der Waals surface area contributed by atoms with Gasteiger partial charge in [0.2, 0.25) is 10.0 Å². The predicted molar refractivity (Wildman–Crippen MR) is 118 cm³/mol. The fourth-order valence-corrected chi connectivity index (χ4v) is 3.24. The van der Waals surface area contributed by atoms with E-state index in [0.29, 0.717) is 5.92 Å². The molecule has 0 aliphatic heterocycles. The highest BCUT2D eigenvalue weighted by atomic mass is 127. The van der Waals surface area contributed by atoms with Crippen molar-refractivity contribution in [3.8, 4) is 0 Å². The highest BCUT2D eigenvalue weighted by Gasteiger charge is 2.11. The molecule has 0 spiro atoms. The molecule has 0 unspecified atom stereocenters. The number of aliphatic imine (C=N–C) groups is 1. The molecule has 0 heterocycles. The lowest BCUT2D eigenvalue weighted by atomic mass is 10.0. The van der Waals surface area contributed by atoms with Gasteiger partial charge < -0.3 is 11.1 Å². The van der Waals surface area contributed by atoms with Crippen LogP contribution in [0.15, 0.2) is 64.5 Å². The SMILES string of the molecule is CC(C)c1cccc(NC(N)=NCCNS(=O)(=O)c2ccccc2)c1.I. The number of halogens is 1. The largest absolute Gasteiger partial charge is 0.370 e.